The first-order valence-corrected chi connectivity index (χ1v) is 7.25. The molecule has 0 amide bonds. The Balaban J connectivity index is 2.20. The topological polar surface area (TPSA) is 73.9 Å². The van der Waals surface area contributed by atoms with Gasteiger partial charge in [-0.1, -0.05) is 0 Å². The molecule has 0 radical (unpaired) electrons. The van der Waals surface area contributed by atoms with Gasteiger partial charge in [-0.3, -0.25) is 0 Å². The van der Waals surface area contributed by atoms with Crippen molar-refractivity contribution in [3.05, 3.63) is 34.4 Å². The summed E-state index contributed by atoms with van der Waals surface area (Å²) in [6.45, 7) is 2.78. The highest BCUT2D eigenvalue weighted by molar-refractivity contribution is 9.10. The lowest BCUT2D eigenvalue weighted by Crippen LogP contribution is -2.42. The predicted molar refractivity (Wildman–Crippen MR) is 78.8 cm³/mol. The second-order valence-corrected chi connectivity index (χ2v) is 5.93. The molecule has 1 N–H and O–H groups in total. The highest BCUT2D eigenvalue weighted by Crippen LogP contribution is 2.31. The van der Waals surface area contributed by atoms with Gasteiger partial charge in [0.2, 0.25) is 0 Å². The van der Waals surface area contributed by atoms with Crippen molar-refractivity contribution >= 4 is 33.6 Å². The average molecular weight is 410 g/mol. The van der Waals surface area contributed by atoms with Crippen molar-refractivity contribution in [1.82, 2.24) is 0 Å². The number of alkyl halides is 3. The number of benzene rings is 1. The molecule has 0 saturated carbocycles. The Labute approximate surface area is 142 Å². The Hall–Kier alpha value is -2.23. The van der Waals surface area contributed by atoms with Gasteiger partial charge in [0.1, 0.15) is 5.75 Å². The molecule has 0 aliphatic carbocycles. The third-order valence-corrected chi connectivity index (χ3v) is 3.35. The van der Waals surface area contributed by atoms with Crippen LogP contribution in [-0.2, 0) is 19.1 Å². The van der Waals surface area contributed by atoms with Gasteiger partial charge in [0.15, 0.2) is 5.57 Å². The third-order valence-electron chi connectivity index (χ3n) is 2.66. The monoisotopic (exact) mass is 409 g/mol. The molecule has 0 atom stereocenters. The standard InChI is InChI=1S/C14H11BrF3NO5/c1-13(2)23-11(20)8(12(21)24-13)6-19-10-5-7(3-4-9(10)15)22-14(16,17)18/h3-6,19H,1-2H3. The van der Waals surface area contributed by atoms with Crippen molar-refractivity contribution in [2.75, 3.05) is 5.32 Å². The molecule has 0 unspecified atom stereocenters. The number of halogens is 4. The van der Waals surface area contributed by atoms with E-state index in [1.807, 2.05) is 0 Å². The fourth-order valence-electron chi connectivity index (χ4n) is 1.74. The van der Waals surface area contributed by atoms with Crippen LogP contribution in [0.3, 0.4) is 0 Å². The van der Waals surface area contributed by atoms with Crippen LogP contribution in [0.2, 0.25) is 0 Å². The maximum absolute atomic E-state index is 12.2. The highest BCUT2D eigenvalue weighted by Gasteiger charge is 2.39. The van der Waals surface area contributed by atoms with Crippen molar-refractivity contribution in [3.8, 4) is 5.75 Å². The Kier molecular flexibility index (Phi) is 4.79. The van der Waals surface area contributed by atoms with Crippen LogP contribution in [0, 0.1) is 0 Å². The Morgan fingerprint density at radius 3 is 2.33 bits per heavy atom. The molecule has 6 nitrogen and oxygen atoms in total. The molecule has 1 aliphatic heterocycles. The van der Waals surface area contributed by atoms with Gasteiger partial charge >= 0.3 is 18.3 Å². The minimum absolute atomic E-state index is 0.134. The van der Waals surface area contributed by atoms with Gasteiger partial charge in [0.25, 0.3) is 5.79 Å². The largest absolute Gasteiger partial charge is 0.573 e. The minimum Gasteiger partial charge on any atom is -0.419 e. The number of cyclic esters (lactones) is 2. The first-order chi connectivity index (χ1) is 11.0. The summed E-state index contributed by atoms with van der Waals surface area (Å²) < 4.78 is 50.7. The van der Waals surface area contributed by atoms with Gasteiger partial charge in [0, 0.05) is 30.6 Å². The molecule has 0 spiro atoms. The fourth-order valence-corrected chi connectivity index (χ4v) is 2.10. The molecule has 130 valence electrons. The summed E-state index contributed by atoms with van der Waals surface area (Å²) in [5.74, 6) is -3.68. The van der Waals surface area contributed by atoms with Crippen molar-refractivity contribution in [3.63, 3.8) is 0 Å². The number of nitrogens with one attached hydrogen (secondary N) is 1. The molecule has 1 aliphatic rings. The van der Waals surface area contributed by atoms with Crippen LogP contribution in [0.15, 0.2) is 34.4 Å². The number of hydrogen-bond donors (Lipinski definition) is 1. The molecule has 1 aromatic carbocycles. The SMILES string of the molecule is CC1(C)OC(=O)C(=CNc2cc(OC(F)(F)F)ccc2Br)C(=O)O1. The van der Waals surface area contributed by atoms with Crippen molar-refractivity contribution in [2.45, 2.75) is 26.0 Å². The molecular formula is C14H11BrF3NO5. The van der Waals surface area contributed by atoms with Crippen molar-refractivity contribution < 1.29 is 37.0 Å². The molecular weight excluding hydrogens is 399 g/mol. The Morgan fingerprint density at radius 2 is 1.79 bits per heavy atom. The third kappa shape index (κ3) is 4.63. The number of carbonyl (C=O) groups excluding carboxylic acids is 2. The van der Waals surface area contributed by atoms with Crippen LogP contribution in [0.25, 0.3) is 0 Å². The van der Waals surface area contributed by atoms with E-state index in [9.17, 15) is 22.8 Å². The first-order valence-electron chi connectivity index (χ1n) is 6.45. The zero-order valence-corrected chi connectivity index (χ0v) is 13.9. The number of hydrogen-bond acceptors (Lipinski definition) is 6. The minimum atomic E-state index is -4.84. The molecule has 24 heavy (non-hydrogen) atoms. The second-order valence-electron chi connectivity index (χ2n) is 5.07. The van der Waals surface area contributed by atoms with E-state index < -0.39 is 35.4 Å². The van der Waals surface area contributed by atoms with Gasteiger partial charge in [0.05, 0.1) is 5.69 Å². The van der Waals surface area contributed by atoms with E-state index >= 15 is 0 Å². The summed E-state index contributed by atoms with van der Waals surface area (Å²) in [4.78, 5) is 23.5. The van der Waals surface area contributed by atoms with Gasteiger partial charge in [-0.05, 0) is 28.1 Å². The van der Waals surface area contributed by atoms with Gasteiger partial charge in [-0.2, -0.15) is 0 Å². The zero-order valence-electron chi connectivity index (χ0n) is 12.4. The van der Waals surface area contributed by atoms with Gasteiger partial charge < -0.3 is 19.5 Å². The summed E-state index contributed by atoms with van der Waals surface area (Å²) in [7, 11) is 0. The van der Waals surface area contributed by atoms with Crippen LogP contribution in [0.5, 0.6) is 5.75 Å². The van der Waals surface area contributed by atoms with Crippen LogP contribution < -0.4 is 10.1 Å². The van der Waals surface area contributed by atoms with Crippen LogP contribution in [0.4, 0.5) is 18.9 Å². The molecule has 0 aromatic heterocycles. The van der Waals surface area contributed by atoms with Crippen LogP contribution in [0.1, 0.15) is 13.8 Å². The normalized spacial score (nSPS) is 17.0. The molecule has 0 bridgehead atoms. The summed E-state index contributed by atoms with van der Waals surface area (Å²) in [6, 6.07) is 3.45. The van der Waals surface area contributed by atoms with E-state index in [0.717, 1.165) is 18.3 Å². The number of ether oxygens (including phenoxy) is 3. The summed E-state index contributed by atoms with van der Waals surface area (Å²) >= 11 is 3.12. The quantitative estimate of drug-likeness (QED) is 0.468. The Morgan fingerprint density at radius 1 is 1.21 bits per heavy atom. The van der Waals surface area contributed by atoms with Gasteiger partial charge in [-0.15, -0.1) is 13.2 Å². The average Bonchev–Trinajstić information content (AvgIpc) is 2.38. The zero-order chi connectivity index (χ0) is 18.1. The molecule has 10 heteroatoms. The lowest BCUT2D eigenvalue weighted by molar-refractivity contribution is -0.274. The fraction of sp³-hybridized carbons (Fsp3) is 0.286. The first kappa shape index (κ1) is 18.1. The van der Waals surface area contributed by atoms with E-state index in [-0.39, 0.29) is 5.69 Å². The molecule has 1 heterocycles. The summed E-state index contributed by atoms with van der Waals surface area (Å²) in [6.07, 6.45) is -3.86. The highest BCUT2D eigenvalue weighted by atomic mass is 79.9. The molecule has 2 rings (SSSR count). The summed E-state index contributed by atoms with van der Waals surface area (Å²) in [5, 5.41) is 2.54. The van der Waals surface area contributed by atoms with Crippen molar-refractivity contribution in [2.24, 2.45) is 0 Å². The van der Waals surface area contributed by atoms with Crippen LogP contribution in [-0.4, -0.2) is 24.1 Å². The van der Waals surface area contributed by atoms with Gasteiger partial charge in [-0.25, -0.2) is 9.59 Å². The number of carbonyl (C=O) groups is 2. The summed E-state index contributed by atoms with van der Waals surface area (Å²) in [5.41, 5.74) is -0.293. The number of anilines is 1. The lowest BCUT2D eigenvalue weighted by Gasteiger charge is -2.29. The number of rotatable bonds is 3. The smallest absolute Gasteiger partial charge is 0.419 e. The molecule has 1 saturated heterocycles. The van der Waals surface area contributed by atoms with E-state index in [1.165, 1.54) is 19.9 Å². The lowest BCUT2D eigenvalue weighted by atomic mass is 10.2. The maximum Gasteiger partial charge on any atom is 0.573 e. The second kappa shape index (κ2) is 6.34. The van der Waals surface area contributed by atoms with Crippen molar-refractivity contribution in [1.29, 1.82) is 0 Å². The van der Waals surface area contributed by atoms with E-state index in [4.69, 9.17) is 9.47 Å². The van der Waals surface area contributed by atoms with E-state index in [1.54, 1.807) is 0 Å². The molecule has 1 fully saturated rings. The molecule has 1 aromatic rings. The van der Waals surface area contributed by atoms with Crippen LogP contribution >= 0.6 is 15.9 Å². The van der Waals surface area contributed by atoms with E-state index in [2.05, 4.69) is 26.0 Å². The number of esters is 2. The maximum atomic E-state index is 12.2. The van der Waals surface area contributed by atoms with E-state index in [0.29, 0.717) is 4.47 Å². The predicted octanol–water partition coefficient (Wildman–Crippen LogP) is 3.48. The Bertz CT molecular complexity index is 693.